The van der Waals surface area contributed by atoms with Gasteiger partial charge in [0.15, 0.2) is 0 Å². The molecule has 0 atom stereocenters. The molecule has 0 aliphatic heterocycles. The highest BCUT2D eigenvalue weighted by Crippen LogP contribution is 2.23. The van der Waals surface area contributed by atoms with Crippen LogP contribution in [0.1, 0.15) is 19.3 Å². The summed E-state index contributed by atoms with van der Waals surface area (Å²) in [6.07, 6.45) is 3.55. The third kappa shape index (κ3) is 3.03. The lowest BCUT2D eigenvalue weighted by Crippen LogP contribution is -2.41. The largest absolute Gasteiger partial charge is 0.322 e. The SMILES string of the molecule is CN(CC(=O)Nc1ccccc1F)C1CCC1. The Kier molecular flexibility index (Phi) is 3.74. The van der Waals surface area contributed by atoms with Gasteiger partial charge in [-0.3, -0.25) is 9.69 Å². The topological polar surface area (TPSA) is 32.3 Å². The predicted octanol–water partition coefficient (Wildman–Crippen LogP) is 2.25. The minimum atomic E-state index is -0.396. The standard InChI is InChI=1S/C13H17FN2O/c1-16(10-5-4-6-10)9-13(17)15-12-8-3-2-7-11(12)14/h2-3,7-8,10H,4-6,9H2,1H3,(H,15,17). The van der Waals surface area contributed by atoms with E-state index in [1.165, 1.54) is 12.5 Å². The number of halogens is 1. The Hall–Kier alpha value is -1.42. The van der Waals surface area contributed by atoms with E-state index in [1.807, 2.05) is 11.9 Å². The second-order valence-corrected chi connectivity index (χ2v) is 4.53. The summed E-state index contributed by atoms with van der Waals surface area (Å²) in [6, 6.07) is 6.73. The average molecular weight is 236 g/mol. The maximum atomic E-state index is 13.3. The number of hydrogen-bond acceptors (Lipinski definition) is 2. The molecule has 1 amide bonds. The first-order valence-corrected chi connectivity index (χ1v) is 5.91. The van der Waals surface area contributed by atoms with E-state index in [0.29, 0.717) is 12.6 Å². The summed E-state index contributed by atoms with van der Waals surface area (Å²) in [6.45, 7) is 0.318. The van der Waals surface area contributed by atoms with E-state index in [9.17, 15) is 9.18 Å². The monoisotopic (exact) mass is 236 g/mol. The van der Waals surface area contributed by atoms with Crippen LogP contribution in [-0.4, -0.2) is 30.4 Å². The first kappa shape index (κ1) is 12.0. The fourth-order valence-corrected chi connectivity index (χ4v) is 1.94. The molecule has 17 heavy (non-hydrogen) atoms. The number of amides is 1. The number of rotatable bonds is 4. The van der Waals surface area contributed by atoms with Crippen molar-refractivity contribution in [2.75, 3.05) is 18.9 Å². The Morgan fingerprint density at radius 3 is 2.76 bits per heavy atom. The van der Waals surface area contributed by atoms with Crippen molar-refractivity contribution in [2.45, 2.75) is 25.3 Å². The van der Waals surface area contributed by atoms with Gasteiger partial charge in [-0.05, 0) is 32.0 Å². The van der Waals surface area contributed by atoms with Crippen LogP contribution in [-0.2, 0) is 4.79 Å². The smallest absolute Gasteiger partial charge is 0.238 e. The number of nitrogens with zero attached hydrogens (tertiary/aromatic N) is 1. The maximum absolute atomic E-state index is 13.3. The molecule has 0 spiro atoms. The van der Waals surface area contributed by atoms with Crippen molar-refractivity contribution >= 4 is 11.6 Å². The van der Waals surface area contributed by atoms with Crippen LogP contribution in [0.3, 0.4) is 0 Å². The van der Waals surface area contributed by atoms with Crippen LogP contribution in [0, 0.1) is 5.82 Å². The lowest BCUT2D eigenvalue weighted by Gasteiger charge is -2.34. The van der Waals surface area contributed by atoms with Crippen molar-refractivity contribution in [3.05, 3.63) is 30.1 Å². The van der Waals surface area contributed by atoms with Crippen LogP contribution < -0.4 is 5.32 Å². The van der Waals surface area contributed by atoms with E-state index in [4.69, 9.17) is 0 Å². The van der Waals surface area contributed by atoms with Gasteiger partial charge in [-0.25, -0.2) is 4.39 Å². The van der Waals surface area contributed by atoms with E-state index in [0.717, 1.165) is 12.8 Å². The van der Waals surface area contributed by atoms with Gasteiger partial charge in [0.1, 0.15) is 5.82 Å². The summed E-state index contributed by atoms with van der Waals surface area (Å²) >= 11 is 0. The Balaban J connectivity index is 1.86. The number of nitrogens with one attached hydrogen (secondary N) is 1. The number of hydrogen-bond donors (Lipinski definition) is 1. The van der Waals surface area contributed by atoms with Crippen molar-refractivity contribution in [1.82, 2.24) is 4.90 Å². The van der Waals surface area contributed by atoms with Gasteiger partial charge >= 0.3 is 0 Å². The highest BCUT2D eigenvalue weighted by molar-refractivity contribution is 5.92. The summed E-state index contributed by atoms with van der Waals surface area (Å²) in [4.78, 5) is 13.7. The second kappa shape index (κ2) is 5.27. The summed E-state index contributed by atoms with van der Waals surface area (Å²) in [5, 5.41) is 2.59. The van der Waals surface area contributed by atoms with Gasteiger partial charge in [-0.1, -0.05) is 18.6 Å². The van der Waals surface area contributed by atoms with Gasteiger partial charge in [-0.15, -0.1) is 0 Å². The third-order valence-electron chi connectivity index (χ3n) is 3.24. The van der Waals surface area contributed by atoms with Gasteiger partial charge in [0.25, 0.3) is 0 Å². The molecule has 92 valence electrons. The minimum Gasteiger partial charge on any atom is -0.322 e. The molecule has 0 radical (unpaired) electrons. The fraction of sp³-hybridized carbons (Fsp3) is 0.462. The molecule has 2 rings (SSSR count). The van der Waals surface area contributed by atoms with E-state index >= 15 is 0 Å². The van der Waals surface area contributed by atoms with Gasteiger partial charge in [0, 0.05) is 6.04 Å². The maximum Gasteiger partial charge on any atom is 0.238 e. The zero-order chi connectivity index (χ0) is 12.3. The molecule has 1 aromatic rings. The van der Waals surface area contributed by atoms with E-state index in [2.05, 4.69) is 5.32 Å². The lowest BCUT2D eigenvalue weighted by atomic mass is 9.92. The Morgan fingerprint density at radius 1 is 1.47 bits per heavy atom. The van der Waals surface area contributed by atoms with Gasteiger partial charge in [-0.2, -0.15) is 0 Å². The quantitative estimate of drug-likeness (QED) is 0.869. The first-order valence-electron chi connectivity index (χ1n) is 5.91. The Morgan fingerprint density at radius 2 is 2.18 bits per heavy atom. The van der Waals surface area contributed by atoms with E-state index in [-0.39, 0.29) is 11.6 Å². The molecule has 3 nitrogen and oxygen atoms in total. The fourth-order valence-electron chi connectivity index (χ4n) is 1.94. The normalized spacial score (nSPS) is 15.7. The minimum absolute atomic E-state index is 0.163. The molecule has 1 aliphatic carbocycles. The number of likely N-dealkylation sites (N-methyl/N-ethyl adjacent to an activating group) is 1. The van der Waals surface area contributed by atoms with Gasteiger partial charge in [0.05, 0.1) is 12.2 Å². The number of benzene rings is 1. The zero-order valence-electron chi connectivity index (χ0n) is 9.95. The van der Waals surface area contributed by atoms with Crippen LogP contribution in [0.5, 0.6) is 0 Å². The first-order chi connectivity index (χ1) is 8.16. The number of carbonyl (C=O) groups excluding carboxylic acids is 1. The van der Waals surface area contributed by atoms with Crippen LogP contribution in [0.2, 0.25) is 0 Å². The summed E-state index contributed by atoms with van der Waals surface area (Å²) in [5.41, 5.74) is 0.250. The van der Waals surface area contributed by atoms with Crippen LogP contribution >= 0.6 is 0 Å². The van der Waals surface area contributed by atoms with E-state index in [1.54, 1.807) is 18.2 Å². The molecule has 1 N–H and O–H groups in total. The Bertz CT molecular complexity index is 404. The Labute approximate surface area is 101 Å². The molecule has 1 aliphatic rings. The summed E-state index contributed by atoms with van der Waals surface area (Å²) in [7, 11) is 1.94. The van der Waals surface area contributed by atoms with Crippen LogP contribution in [0.15, 0.2) is 24.3 Å². The lowest BCUT2D eigenvalue weighted by molar-refractivity contribution is -0.117. The van der Waals surface area contributed by atoms with Crippen LogP contribution in [0.25, 0.3) is 0 Å². The van der Waals surface area contributed by atoms with E-state index < -0.39 is 5.82 Å². The second-order valence-electron chi connectivity index (χ2n) is 4.53. The number of carbonyl (C=O) groups is 1. The molecule has 4 heteroatoms. The van der Waals surface area contributed by atoms with Crippen molar-refractivity contribution in [2.24, 2.45) is 0 Å². The van der Waals surface area contributed by atoms with Crippen molar-refractivity contribution in [1.29, 1.82) is 0 Å². The summed E-state index contributed by atoms with van der Waals surface area (Å²) < 4.78 is 13.3. The molecule has 0 aromatic heterocycles. The molecule has 0 unspecified atom stereocenters. The third-order valence-corrected chi connectivity index (χ3v) is 3.24. The van der Waals surface area contributed by atoms with Crippen molar-refractivity contribution in [3.63, 3.8) is 0 Å². The molecule has 1 aromatic carbocycles. The average Bonchev–Trinajstić information content (AvgIpc) is 2.18. The highest BCUT2D eigenvalue weighted by atomic mass is 19.1. The molecule has 1 saturated carbocycles. The van der Waals surface area contributed by atoms with Crippen molar-refractivity contribution < 1.29 is 9.18 Å². The molecule has 0 bridgehead atoms. The molecule has 0 saturated heterocycles. The zero-order valence-corrected chi connectivity index (χ0v) is 9.95. The summed E-state index contributed by atoms with van der Waals surface area (Å²) in [5.74, 6) is -0.559. The van der Waals surface area contributed by atoms with Gasteiger partial charge in [0.2, 0.25) is 5.91 Å². The van der Waals surface area contributed by atoms with Crippen molar-refractivity contribution in [3.8, 4) is 0 Å². The number of para-hydroxylation sites is 1. The predicted molar refractivity (Wildman–Crippen MR) is 65.3 cm³/mol. The van der Waals surface area contributed by atoms with Crippen LogP contribution in [0.4, 0.5) is 10.1 Å². The van der Waals surface area contributed by atoms with Gasteiger partial charge < -0.3 is 5.32 Å². The molecule has 1 fully saturated rings. The molecular formula is C13H17FN2O. The molecular weight excluding hydrogens is 219 g/mol. The molecule has 0 heterocycles. The highest BCUT2D eigenvalue weighted by Gasteiger charge is 2.23. The number of anilines is 1.